The van der Waals surface area contributed by atoms with Crippen LogP contribution in [-0.2, 0) is 13.1 Å². The summed E-state index contributed by atoms with van der Waals surface area (Å²) in [7, 11) is 0. The molecular formula is C15H15BrN2O2. The number of rotatable bonds is 5. The second-order valence-corrected chi connectivity index (χ2v) is 5.39. The van der Waals surface area contributed by atoms with Gasteiger partial charge in [0.05, 0.1) is 9.40 Å². The second kappa shape index (κ2) is 6.63. The van der Waals surface area contributed by atoms with E-state index >= 15 is 0 Å². The van der Waals surface area contributed by atoms with Crippen LogP contribution in [-0.4, -0.2) is 4.92 Å². The van der Waals surface area contributed by atoms with Crippen LogP contribution in [0.3, 0.4) is 0 Å². The monoisotopic (exact) mass is 334 g/mol. The van der Waals surface area contributed by atoms with E-state index < -0.39 is 0 Å². The quantitative estimate of drug-likeness (QED) is 0.665. The molecule has 0 aromatic heterocycles. The topological polar surface area (TPSA) is 55.2 Å². The molecule has 0 unspecified atom stereocenters. The summed E-state index contributed by atoms with van der Waals surface area (Å²) in [6.07, 6.45) is 0. The SMILES string of the molecule is Cc1cccc(CNCc2cccc([N+](=O)[O-])c2Br)c1. The normalized spacial score (nSPS) is 10.5. The molecule has 0 spiro atoms. The van der Waals surface area contributed by atoms with E-state index in [1.54, 1.807) is 6.07 Å². The largest absolute Gasteiger partial charge is 0.309 e. The molecule has 2 aromatic carbocycles. The first kappa shape index (κ1) is 14.7. The van der Waals surface area contributed by atoms with E-state index in [4.69, 9.17) is 0 Å². The van der Waals surface area contributed by atoms with Crippen LogP contribution in [0.2, 0.25) is 0 Å². The Kier molecular flexibility index (Phi) is 4.87. The van der Waals surface area contributed by atoms with Crippen molar-refractivity contribution in [1.82, 2.24) is 5.32 Å². The van der Waals surface area contributed by atoms with Crippen LogP contribution in [0.15, 0.2) is 46.9 Å². The number of nitro groups is 1. The van der Waals surface area contributed by atoms with Gasteiger partial charge < -0.3 is 5.32 Å². The summed E-state index contributed by atoms with van der Waals surface area (Å²) >= 11 is 3.30. The molecule has 0 aliphatic carbocycles. The number of nitro benzene ring substituents is 1. The van der Waals surface area contributed by atoms with Gasteiger partial charge in [-0.05, 0) is 34.0 Å². The van der Waals surface area contributed by atoms with E-state index in [1.807, 2.05) is 12.1 Å². The lowest BCUT2D eigenvalue weighted by atomic mass is 10.1. The average molecular weight is 335 g/mol. The molecule has 0 amide bonds. The Morgan fingerprint density at radius 2 is 1.95 bits per heavy atom. The van der Waals surface area contributed by atoms with Crippen molar-refractivity contribution < 1.29 is 4.92 Å². The maximum atomic E-state index is 10.9. The number of hydrogen-bond donors (Lipinski definition) is 1. The summed E-state index contributed by atoms with van der Waals surface area (Å²) in [5.74, 6) is 0. The highest BCUT2D eigenvalue weighted by Gasteiger charge is 2.14. The van der Waals surface area contributed by atoms with Crippen molar-refractivity contribution in [3.05, 3.63) is 73.7 Å². The van der Waals surface area contributed by atoms with Crippen LogP contribution >= 0.6 is 15.9 Å². The van der Waals surface area contributed by atoms with Crippen molar-refractivity contribution >= 4 is 21.6 Å². The van der Waals surface area contributed by atoms with Crippen molar-refractivity contribution in [3.8, 4) is 0 Å². The molecule has 4 nitrogen and oxygen atoms in total. The van der Waals surface area contributed by atoms with Gasteiger partial charge in [0.15, 0.2) is 0 Å². The maximum absolute atomic E-state index is 10.9. The van der Waals surface area contributed by atoms with E-state index in [9.17, 15) is 10.1 Å². The Hall–Kier alpha value is -1.72. The van der Waals surface area contributed by atoms with E-state index in [1.165, 1.54) is 17.2 Å². The van der Waals surface area contributed by atoms with Gasteiger partial charge in [-0.3, -0.25) is 10.1 Å². The minimum atomic E-state index is -0.381. The van der Waals surface area contributed by atoms with Crippen LogP contribution in [0.25, 0.3) is 0 Å². The molecule has 0 saturated heterocycles. The van der Waals surface area contributed by atoms with Crippen LogP contribution < -0.4 is 5.32 Å². The highest BCUT2D eigenvalue weighted by molar-refractivity contribution is 9.10. The third-order valence-corrected chi connectivity index (χ3v) is 3.90. The first-order valence-electron chi connectivity index (χ1n) is 6.26. The fraction of sp³-hybridized carbons (Fsp3) is 0.200. The maximum Gasteiger partial charge on any atom is 0.283 e. The number of halogens is 1. The number of benzene rings is 2. The van der Waals surface area contributed by atoms with Crippen molar-refractivity contribution in [2.45, 2.75) is 20.0 Å². The number of aryl methyl sites for hydroxylation is 1. The smallest absolute Gasteiger partial charge is 0.283 e. The lowest BCUT2D eigenvalue weighted by Crippen LogP contribution is -2.13. The molecule has 0 radical (unpaired) electrons. The Balaban J connectivity index is 2.01. The van der Waals surface area contributed by atoms with Gasteiger partial charge in [0, 0.05) is 19.2 Å². The Morgan fingerprint density at radius 1 is 1.20 bits per heavy atom. The molecule has 2 rings (SSSR count). The van der Waals surface area contributed by atoms with Crippen LogP contribution in [0.5, 0.6) is 0 Å². The summed E-state index contributed by atoms with van der Waals surface area (Å²) in [5, 5.41) is 14.2. The fourth-order valence-electron chi connectivity index (χ4n) is 2.01. The summed E-state index contributed by atoms with van der Waals surface area (Å²) in [5.41, 5.74) is 3.40. The molecule has 20 heavy (non-hydrogen) atoms. The van der Waals surface area contributed by atoms with E-state index in [0.717, 1.165) is 12.1 Å². The highest BCUT2D eigenvalue weighted by Crippen LogP contribution is 2.28. The first-order chi connectivity index (χ1) is 9.58. The molecule has 2 aromatic rings. The minimum absolute atomic E-state index is 0.0971. The number of hydrogen-bond acceptors (Lipinski definition) is 3. The van der Waals surface area contributed by atoms with Crippen molar-refractivity contribution in [3.63, 3.8) is 0 Å². The second-order valence-electron chi connectivity index (χ2n) is 4.60. The standard InChI is InChI=1S/C15H15BrN2O2/c1-11-4-2-5-12(8-11)9-17-10-13-6-3-7-14(15(13)16)18(19)20/h2-8,17H,9-10H2,1H3. The number of nitrogens with zero attached hydrogens (tertiary/aromatic N) is 1. The third kappa shape index (κ3) is 3.65. The number of nitrogens with one attached hydrogen (secondary N) is 1. The molecule has 0 saturated carbocycles. The average Bonchev–Trinajstić information content (AvgIpc) is 2.40. The van der Waals surface area contributed by atoms with Crippen molar-refractivity contribution in [2.24, 2.45) is 0 Å². The zero-order valence-electron chi connectivity index (χ0n) is 11.1. The Labute approximate surface area is 126 Å². The summed E-state index contributed by atoms with van der Waals surface area (Å²) < 4.78 is 0.543. The summed E-state index contributed by atoms with van der Waals surface area (Å²) in [6, 6.07) is 13.3. The molecule has 0 aliphatic rings. The van der Waals surface area contributed by atoms with Crippen molar-refractivity contribution in [1.29, 1.82) is 0 Å². The molecule has 0 aliphatic heterocycles. The predicted octanol–water partition coefficient (Wildman–Crippen LogP) is 3.96. The van der Waals surface area contributed by atoms with Gasteiger partial charge in [-0.1, -0.05) is 42.0 Å². The molecule has 5 heteroatoms. The van der Waals surface area contributed by atoms with Gasteiger partial charge in [-0.15, -0.1) is 0 Å². The zero-order chi connectivity index (χ0) is 14.5. The fourth-order valence-corrected chi connectivity index (χ4v) is 2.56. The summed E-state index contributed by atoms with van der Waals surface area (Å²) in [6.45, 7) is 3.37. The minimum Gasteiger partial charge on any atom is -0.309 e. The van der Waals surface area contributed by atoms with E-state index in [-0.39, 0.29) is 10.6 Å². The lowest BCUT2D eigenvalue weighted by molar-refractivity contribution is -0.385. The molecular weight excluding hydrogens is 320 g/mol. The van der Waals surface area contributed by atoms with E-state index in [2.05, 4.69) is 46.4 Å². The third-order valence-electron chi connectivity index (χ3n) is 2.98. The molecule has 0 bridgehead atoms. The first-order valence-corrected chi connectivity index (χ1v) is 7.05. The lowest BCUT2D eigenvalue weighted by Gasteiger charge is -2.08. The molecule has 0 atom stereocenters. The van der Waals surface area contributed by atoms with E-state index in [0.29, 0.717) is 11.0 Å². The van der Waals surface area contributed by atoms with Gasteiger partial charge in [-0.2, -0.15) is 0 Å². The predicted molar refractivity (Wildman–Crippen MR) is 82.5 cm³/mol. The van der Waals surface area contributed by atoms with Crippen molar-refractivity contribution in [2.75, 3.05) is 0 Å². The van der Waals surface area contributed by atoms with Gasteiger partial charge in [0.25, 0.3) is 5.69 Å². The molecule has 1 N–H and O–H groups in total. The molecule has 0 heterocycles. The molecule has 104 valence electrons. The van der Waals surface area contributed by atoms with Gasteiger partial charge in [0.2, 0.25) is 0 Å². The van der Waals surface area contributed by atoms with Crippen LogP contribution in [0.1, 0.15) is 16.7 Å². The highest BCUT2D eigenvalue weighted by atomic mass is 79.9. The van der Waals surface area contributed by atoms with Gasteiger partial charge in [0.1, 0.15) is 0 Å². The summed E-state index contributed by atoms with van der Waals surface area (Å²) in [4.78, 5) is 10.5. The zero-order valence-corrected chi connectivity index (χ0v) is 12.7. The van der Waals surface area contributed by atoms with Gasteiger partial charge >= 0.3 is 0 Å². The Morgan fingerprint density at radius 3 is 2.65 bits per heavy atom. The van der Waals surface area contributed by atoms with Crippen LogP contribution in [0.4, 0.5) is 5.69 Å². The van der Waals surface area contributed by atoms with Crippen LogP contribution in [0, 0.1) is 17.0 Å². The Bertz CT molecular complexity index is 629. The molecule has 0 fully saturated rings. The van der Waals surface area contributed by atoms with Gasteiger partial charge in [-0.25, -0.2) is 0 Å².